The van der Waals surface area contributed by atoms with Gasteiger partial charge in [-0.1, -0.05) is 0 Å². The van der Waals surface area contributed by atoms with Gasteiger partial charge in [0.25, 0.3) is 11.1 Å². The number of carbonyl (C=O) groups is 1. The average molecular weight is 748 g/mol. The van der Waals surface area contributed by atoms with E-state index in [1.807, 2.05) is 0 Å². The summed E-state index contributed by atoms with van der Waals surface area (Å²) >= 11 is 0. The van der Waals surface area contributed by atoms with Crippen LogP contribution >= 0.6 is 15.6 Å². The summed E-state index contributed by atoms with van der Waals surface area (Å²) in [5, 5.41) is 31.9. The lowest BCUT2D eigenvalue weighted by molar-refractivity contribution is -0.136. The molecule has 0 amide bonds. The third-order valence-electron chi connectivity index (χ3n) is 7.86. The number of hydrogen-bond acceptors (Lipinski definition) is 19. The van der Waals surface area contributed by atoms with Gasteiger partial charge in [-0.3, -0.25) is 51.6 Å². The van der Waals surface area contributed by atoms with Crippen LogP contribution in [0.25, 0.3) is 22.3 Å². The van der Waals surface area contributed by atoms with E-state index in [1.165, 1.54) is 0 Å². The number of ether oxygens (including phenoxy) is 2. The summed E-state index contributed by atoms with van der Waals surface area (Å²) in [5.74, 6) is -2.49. The van der Waals surface area contributed by atoms with Crippen LogP contribution in [0.1, 0.15) is 18.3 Å². The van der Waals surface area contributed by atoms with Gasteiger partial charge in [0.1, 0.15) is 48.9 Å². The normalized spacial score (nSPS) is 35.0. The monoisotopic (exact) mass is 748 g/mol. The number of aromatic nitrogens is 8. The number of carboxylic acids is 1. The molecule has 7 heterocycles. The molecule has 50 heavy (non-hydrogen) atoms. The van der Waals surface area contributed by atoms with Crippen LogP contribution in [0.4, 0.5) is 11.9 Å². The summed E-state index contributed by atoms with van der Waals surface area (Å²) in [6.45, 7) is -1.92. The molecule has 3 fully saturated rings. The number of nitrogens with one attached hydrogen (secondary N) is 2. The first-order chi connectivity index (χ1) is 23.5. The van der Waals surface area contributed by atoms with Gasteiger partial charge in [-0.05, 0) is 0 Å². The van der Waals surface area contributed by atoms with E-state index in [4.69, 9.17) is 39.0 Å². The number of hydrogen-bond donors (Lipinski definition) is 9. The minimum absolute atomic E-state index is 0.152. The molecular weight excluding hydrogens is 722 g/mol. The number of carboxylic acid groups (broad SMARTS) is 1. The van der Waals surface area contributed by atoms with Crippen LogP contribution in [-0.2, 0) is 47.9 Å². The van der Waals surface area contributed by atoms with Crippen LogP contribution < -0.4 is 22.6 Å². The molecule has 0 radical (unpaired) electrons. The Bertz CT molecular complexity index is 2220. The van der Waals surface area contributed by atoms with E-state index in [-0.39, 0.29) is 28.6 Å². The molecule has 26 nitrogen and oxygen atoms in total. The second kappa shape index (κ2) is 12.3. The molecule has 7 rings (SSSR count). The molecule has 0 aromatic carbocycles. The third-order valence-corrected chi connectivity index (χ3v) is 9.83. The Balaban J connectivity index is 1.20. The number of fused-ring (bicyclic) bond motifs is 4. The Morgan fingerprint density at radius 1 is 0.860 bits per heavy atom. The molecule has 3 saturated heterocycles. The number of nitrogens with two attached hydrogens (primary N) is 2. The Labute approximate surface area is 274 Å². The van der Waals surface area contributed by atoms with E-state index in [2.05, 4.69) is 29.9 Å². The van der Waals surface area contributed by atoms with Crippen molar-refractivity contribution in [2.24, 2.45) is 0 Å². The highest BCUT2D eigenvalue weighted by Gasteiger charge is 2.54. The maximum absolute atomic E-state index is 13.2. The number of rotatable bonds is 4. The molecule has 0 aliphatic carbocycles. The van der Waals surface area contributed by atoms with Crippen molar-refractivity contribution in [2.75, 3.05) is 24.7 Å². The van der Waals surface area contributed by atoms with Crippen LogP contribution in [0.15, 0.2) is 15.9 Å². The number of nitrogen functional groups attached to an aromatic ring is 2. The molecule has 3 aliphatic rings. The van der Waals surface area contributed by atoms with Crippen molar-refractivity contribution in [3.63, 3.8) is 0 Å². The topological polar surface area (TPSA) is 387 Å². The predicted octanol–water partition coefficient (Wildman–Crippen LogP) is -3.42. The fraction of sp³-hybridized carbons (Fsp3) is 0.500. The summed E-state index contributed by atoms with van der Waals surface area (Å²) in [7, 11) is -10.4. The lowest BCUT2D eigenvalue weighted by atomic mass is 10.1. The number of aliphatic carboxylic acids is 1. The number of aromatic amines is 2. The van der Waals surface area contributed by atoms with Crippen LogP contribution in [0, 0.1) is 0 Å². The second-order valence-electron chi connectivity index (χ2n) is 11.1. The number of aliphatic hydroxyl groups is 2. The molecule has 0 bridgehead atoms. The lowest BCUT2D eigenvalue weighted by Gasteiger charge is -2.27. The van der Waals surface area contributed by atoms with Gasteiger partial charge >= 0.3 is 21.6 Å². The van der Waals surface area contributed by atoms with Crippen LogP contribution in [0.5, 0.6) is 0 Å². The zero-order valence-electron chi connectivity index (χ0n) is 24.8. The van der Waals surface area contributed by atoms with Gasteiger partial charge in [-0.2, -0.15) is 9.97 Å². The van der Waals surface area contributed by atoms with Crippen molar-refractivity contribution in [3.05, 3.63) is 32.9 Å². The number of phosphoric acid groups is 2. The second-order valence-corrected chi connectivity index (χ2v) is 14.0. The third kappa shape index (κ3) is 6.10. The predicted molar refractivity (Wildman–Crippen MR) is 158 cm³/mol. The number of aliphatic hydroxyl groups excluding tert-OH is 2. The van der Waals surface area contributed by atoms with Crippen molar-refractivity contribution < 1.29 is 66.6 Å². The molecule has 0 spiro atoms. The molecule has 0 saturated carbocycles. The van der Waals surface area contributed by atoms with Crippen LogP contribution in [0.3, 0.4) is 0 Å². The number of imidazole rings is 2. The van der Waals surface area contributed by atoms with Gasteiger partial charge in [0.05, 0.1) is 19.5 Å². The standard InChI is InChI=1S/C22H26N10O16P2/c23-21-27-15-9(17(37)29-21)25-4-31(15)19-11(35)13-5(45-19)2-43-50(41,42)48-14-6(3-44-49(39,40)47-13)46-20(12(14)36)32-7(1-8(33)34)26-10-16(32)28-22(24)30-18(10)38/h4-6,11-14,19-20,35-36H,1-3H2,(H,33,34)(H,39,40)(H,41,42)(H3,23,27,29,37)(H3,24,28,30,38)/t5-,6+,11-,12+,13-,14+,19-,20+/m0/s1. The fourth-order valence-corrected chi connectivity index (χ4v) is 7.75. The first-order valence-electron chi connectivity index (χ1n) is 14.2. The Morgan fingerprint density at radius 2 is 1.38 bits per heavy atom. The molecule has 11 N–H and O–H groups in total. The number of phosphoric ester groups is 2. The maximum atomic E-state index is 13.2. The highest BCUT2D eigenvalue weighted by atomic mass is 31.2. The van der Waals surface area contributed by atoms with E-state index in [9.17, 15) is 48.6 Å². The summed E-state index contributed by atoms with van der Waals surface area (Å²) in [6.07, 6.45) is -13.8. The number of nitrogens with zero attached hydrogens (tertiary/aromatic N) is 6. The molecule has 2 unspecified atom stereocenters. The largest absolute Gasteiger partial charge is 0.481 e. The quantitative estimate of drug-likeness (QED) is 0.0917. The zero-order valence-corrected chi connectivity index (χ0v) is 26.6. The average Bonchev–Trinajstić information content (AvgIpc) is 3.74. The van der Waals surface area contributed by atoms with Crippen LogP contribution in [0.2, 0.25) is 0 Å². The lowest BCUT2D eigenvalue weighted by Crippen LogP contribution is -2.39. The first-order valence-corrected chi connectivity index (χ1v) is 17.2. The highest BCUT2D eigenvalue weighted by molar-refractivity contribution is 7.47. The van der Waals surface area contributed by atoms with Gasteiger partial charge in [-0.25, -0.2) is 19.1 Å². The molecule has 4 aromatic heterocycles. The van der Waals surface area contributed by atoms with E-state index in [1.54, 1.807) is 0 Å². The zero-order chi connectivity index (χ0) is 35.9. The number of anilines is 2. The molecule has 28 heteroatoms. The molecule has 4 aromatic rings. The Kier molecular flexibility index (Phi) is 8.40. The first kappa shape index (κ1) is 34.3. The van der Waals surface area contributed by atoms with Crippen LogP contribution in [-0.4, -0.2) is 120 Å². The summed E-state index contributed by atoms with van der Waals surface area (Å²) < 4.78 is 60.6. The Morgan fingerprint density at radius 3 is 1.96 bits per heavy atom. The van der Waals surface area contributed by atoms with Gasteiger partial charge in [0.2, 0.25) is 11.9 Å². The summed E-state index contributed by atoms with van der Waals surface area (Å²) in [4.78, 5) is 78.0. The highest BCUT2D eigenvalue weighted by Crippen LogP contribution is 2.53. The summed E-state index contributed by atoms with van der Waals surface area (Å²) in [6, 6.07) is 0. The smallest absolute Gasteiger partial charge is 0.472 e. The van der Waals surface area contributed by atoms with E-state index in [0.29, 0.717) is 0 Å². The molecule has 270 valence electrons. The summed E-state index contributed by atoms with van der Waals surface area (Å²) in [5.41, 5.74) is 8.62. The molecular formula is C22H26N10O16P2. The van der Waals surface area contributed by atoms with E-state index < -0.39 is 113 Å². The Hall–Kier alpha value is -4.17. The van der Waals surface area contributed by atoms with Gasteiger partial charge in [-0.15, -0.1) is 0 Å². The van der Waals surface area contributed by atoms with Crippen molar-refractivity contribution in [1.29, 1.82) is 0 Å². The van der Waals surface area contributed by atoms with Crippen molar-refractivity contribution in [2.45, 2.75) is 55.5 Å². The van der Waals surface area contributed by atoms with Crippen molar-refractivity contribution >= 4 is 55.8 Å². The minimum atomic E-state index is -5.23. The van der Waals surface area contributed by atoms with E-state index in [0.717, 1.165) is 15.5 Å². The van der Waals surface area contributed by atoms with Crippen molar-refractivity contribution in [3.8, 4) is 0 Å². The molecule has 10 atom stereocenters. The molecule has 3 aliphatic heterocycles. The van der Waals surface area contributed by atoms with E-state index >= 15 is 0 Å². The number of H-pyrrole nitrogens is 2. The maximum Gasteiger partial charge on any atom is 0.472 e. The van der Waals surface area contributed by atoms with Gasteiger partial charge in [0.15, 0.2) is 34.8 Å². The SMILES string of the molecule is Nc1nc2c(ncn2[C@H]2O[C@H]3COP(=O)(O)O[C@H]4[C@@H](O)[C@H](n5c(CC(=O)O)nc6c(=O)[nH]c(N)nc65)O[C@@H]4COP(=O)(O)O[C@@H]3[C@@H]2O)c(=O)[nH]1. The van der Waals surface area contributed by atoms with Crippen molar-refractivity contribution in [1.82, 2.24) is 39.0 Å². The van der Waals surface area contributed by atoms with Gasteiger partial charge in [0, 0.05) is 0 Å². The minimum Gasteiger partial charge on any atom is -0.481 e. The fourth-order valence-electron chi connectivity index (χ4n) is 5.82. The van der Waals surface area contributed by atoms with Gasteiger partial charge < -0.3 is 46.0 Å².